The molecule has 0 fully saturated rings. The van der Waals surface area contributed by atoms with Gasteiger partial charge >= 0.3 is 5.69 Å². The summed E-state index contributed by atoms with van der Waals surface area (Å²) in [7, 11) is 0. The van der Waals surface area contributed by atoms with Gasteiger partial charge in [-0.2, -0.15) is 0 Å². The fourth-order valence-electron chi connectivity index (χ4n) is 1.40. The third kappa shape index (κ3) is 1.32. The lowest BCUT2D eigenvalue weighted by atomic mass is 10.2. The number of rotatable bonds is 1. The van der Waals surface area contributed by atoms with Crippen molar-refractivity contribution in [2.75, 3.05) is 0 Å². The fraction of sp³-hybridized carbons (Fsp3) is 0. The standard InChI is InChI=1S/C9H6N2O4/c12-8-7(11(14)15)5-3-1-2-4-6(5)10-9(8)13/h1-4,12H,(H,10,13). The summed E-state index contributed by atoms with van der Waals surface area (Å²) in [5.41, 5.74) is -1.10. The van der Waals surface area contributed by atoms with E-state index in [1.807, 2.05) is 0 Å². The number of H-pyrrole nitrogens is 1. The zero-order valence-corrected chi connectivity index (χ0v) is 7.43. The number of para-hydroxylation sites is 1. The first-order valence-electron chi connectivity index (χ1n) is 4.09. The highest BCUT2D eigenvalue weighted by molar-refractivity contribution is 5.90. The van der Waals surface area contributed by atoms with E-state index >= 15 is 0 Å². The molecule has 0 radical (unpaired) electrons. The number of fused-ring (bicyclic) bond motifs is 1. The minimum Gasteiger partial charge on any atom is -0.498 e. The Morgan fingerprint density at radius 2 is 2.00 bits per heavy atom. The topological polar surface area (TPSA) is 96.2 Å². The van der Waals surface area contributed by atoms with Gasteiger partial charge in [-0.05, 0) is 12.1 Å². The van der Waals surface area contributed by atoms with E-state index in [2.05, 4.69) is 4.98 Å². The number of nitrogens with zero attached hydrogens (tertiary/aromatic N) is 1. The zero-order chi connectivity index (χ0) is 11.0. The molecule has 0 spiro atoms. The van der Waals surface area contributed by atoms with Crippen LogP contribution < -0.4 is 5.56 Å². The molecule has 0 aliphatic rings. The van der Waals surface area contributed by atoms with Gasteiger partial charge in [0.15, 0.2) is 0 Å². The molecule has 0 atom stereocenters. The second-order valence-corrected chi connectivity index (χ2v) is 2.95. The van der Waals surface area contributed by atoms with Crippen molar-refractivity contribution in [2.45, 2.75) is 0 Å². The van der Waals surface area contributed by atoms with Gasteiger partial charge in [0.25, 0.3) is 11.3 Å². The van der Waals surface area contributed by atoms with Crippen LogP contribution in [0.3, 0.4) is 0 Å². The van der Waals surface area contributed by atoms with E-state index in [4.69, 9.17) is 0 Å². The molecule has 2 aromatic rings. The maximum Gasteiger partial charge on any atom is 0.325 e. The molecule has 0 aliphatic carbocycles. The van der Waals surface area contributed by atoms with Gasteiger partial charge in [0.1, 0.15) is 0 Å². The van der Waals surface area contributed by atoms with Gasteiger partial charge in [0.05, 0.1) is 15.8 Å². The van der Waals surface area contributed by atoms with Gasteiger partial charge in [0, 0.05) is 0 Å². The number of aromatic hydroxyl groups is 1. The second kappa shape index (κ2) is 3.09. The Kier molecular flexibility index (Phi) is 1.89. The first-order chi connectivity index (χ1) is 7.11. The Morgan fingerprint density at radius 3 is 2.67 bits per heavy atom. The van der Waals surface area contributed by atoms with Crippen molar-refractivity contribution in [1.29, 1.82) is 0 Å². The first-order valence-corrected chi connectivity index (χ1v) is 4.09. The van der Waals surface area contributed by atoms with E-state index in [0.717, 1.165) is 0 Å². The monoisotopic (exact) mass is 206 g/mol. The Bertz CT molecular complexity index is 603. The van der Waals surface area contributed by atoms with E-state index in [9.17, 15) is 20.0 Å². The van der Waals surface area contributed by atoms with Gasteiger partial charge in [-0.15, -0.1) is 0 Å². The lowest BCUT2D eigenvalue weighted by Crippen LogP contribution is -2.07. The summed E-state index contributed by atoms with van der Waals surface area (Å²) in [6.45, 7) is 0. The van der Waals surface area contributed by atoms with E-state index in [0.29, 0.717) is 5.52 Å². The average Bonchev–Trinajstić information content (AvgIpc) is 2.19. The summed E-state index contributed by atoms with van der Waals surface area (Å²) in [4.78, 5) is 23.4. The summed E-state index contributed by atoms with van der Waals surface area (Å²) in [5.74, 6) is -0.862. The number of nitrogens with one attached hydrogen (secondary N) is 1. The van der Waals surface area contributed by atoms with E-state index in [1.54, 1.807) is 12.1 Å². The molecule has 76 valence electrons. The molecule has 15 heavy (non-hydrogen) atoms. The molecule has 0 amide bonds. The number of hydrogen-bond donors (Lipinski definition) is 2. The Hall–Kier alpha value is -2.37. The van der Waals surface area contributed by atoms with Crippen molar-refractivity contribution in [1.82, 2.24) is 4.98 Å². The smallest absolute Gasteiger partial charge is 0.325 e. The number of pyridine rings is 1. The molecule has 0 unspecified atom stereocenters. The van der Waals surface area contributed by atoms with Gasteiger partial charge in [-0.1, -0.05) is 12.1 Å². The Balaban J connectivity index is 3.02. The van der Waals surface area contributed by atoms with Crippen molar-refractivity contribution in [3.05, 3.63) is 44.7 Å². The number of aromatic nitrogens is 1. The van der Waals surface area contributed by atoms with Crippen LogP contribution in [-0.2, 0) is 0 Å². The van der Waals surface area contributed by atoms with Gasteiger partial charge in [0.2, 0.25) is 0 Å². The quantitative estimate of drug-likeness (QED) is 0.540. The number of hydrogen-bond acceptors (Lipinski definition) is 4. The van der Waals surface area contributed by atoms with Crippen LogP contribution in [0.15, 0.2) is 29.1 Å². The maximum absolute atomic E-state index is 11.1. The second-order valence-electron chi connectivity index (χ2n) is 2.95. The molecule has 0 saturated heterocycles. The third-order valence-electron chi connectivity index (χ3n) is 2.05. The maximum atomic E-state index is 11.1. The average molecular weight is 206 g/mol. The van der Waals surface area contributed by atoms with Crippen molar-refractivity contribution in [3.8, 4) is 5.75 Å². The first kappa shape index (κ1) is 9.20. The molecule has 1 heterocycles. The van der Waals surface area contributed by atoms with Crippen LogP contribution in [0.25, 0.3) is 10.9 Å². The number of benzene rings is 1. The molecular weight excluding hydrogens is 200 g/mol. The summed E-state index contributed by atoms with van der Waals surface area (Å²) < 4.78 is 0. The van der Waals surface area contributed by atoms with Crippen molar-refractivity contribution in [2.24, 2.45) is 0 Å². The minimum atomic E-state index is -0.862. The van der Waals surface area contributed by atoms with E-state index in [1.165, 1.54) is 12.1 Å². The lowest BCUT2D eigenvalue weighted by molar-refractivity contribution is -0.384. The number of aromatic amines is 1. The SMILES string of the molecule is O=c1[nH]c2ccccc2c([N+](=O)[O-])c1O. The van der Waals surface area contributed by atoms with Gasteiger partial charge in [-0.3, -0.25) is 14.9 Å². The highest BCUT2D eigenvalue weighted by atomic mass is 16.6. The van der Waals surface area contributed by atoms with Gasteiger partial charge in [-0.25, -0.2) is 0 Å². The van der Waals surface area contributed by atoms with Crippen LogP contribution in [0, 0.1) is 10.1 Å². The highest BCUT2D eigenvalue weighted by Gasteiger charge is 2.21. The van der Waals surface area contributed by atoms with Crippen molar-refractivity contribution < 1.29 is 10.0 Å². The molecular formula is C9H6N2O4. The molecule has 6 heteroatoms. The van der Waals surface area contributed by atoms with Crippen LogP contribution in [0.4, 0.5) is 5.69 Å². The molecule has 0 aliphatic heterocycles. The summed E-state index contributed by atoms with van der Waals surface area (Å²) in [6.07, 6.45) is 0. The van der Waals surface area contributed by atoms with Crippen LogP contribution in [-0.4, -0.2) is 15.0 Å². The minimum absolute atomic E-state index is 0.208. The largest absolute Gasteiger partial charge is 0.498 e. The molecule has 1 aromatic heterocycles. The molecule has 0 saturated carbocycles. The van der Waals surface area contributed by atoms with E-state index < -0.39 is 21.9 Å². The zero-order valence-electron chi connectivity index (χ0n) is 7.43. The molecule has 2 rings (SSSR count). The third-order valence-corrected chi connectivity index (χ3v) is 2.05. The predicted molar refractivity (Wildman–Crippen MR) is 52.9 cm³/mol. The lowest BCUT2D eigenvalue weighted by Gasteiger charge is -2.00. The summed E-state index contributed by atoms with van der Waals surface area (Å²) >= 11 is 0. The fourth-order valence-corrected chi connectivity index (χ4v) is 1.40. The predicted octanol–water partition coefficient (Wildman–Crippen LogP) is 1.14. The highest BCUT2D eigenvalue weighted by Crippen LogP contribution is 2.29. The van der Waals surface area contributed by atoms with Crippen molar-refractivity contribution in [3.63, 3.8) is 0 Å². The van der Waals surface area contributed by atoms with Crippen LogP contribution >= 0.6 is 0 Å². The van der Waals surface area contributed by atoms with Crippen molar-refractivity contribution >= 4 is 16.6 Å². The Labute approximate surface area is 82.9 Å². The van der Waals surface area contributed by atoms with Gasteiger partial charge < -0.3 is 10.1 Å². The normalized spacial score (nSPS) is 10.4. The summed E-state index contributed by atoms with van der Waals surface area (Å²) in [5, 5.41) is 20.2. The van der Waals surface area contributed by atoms with Crippen LogP contribution in [0.2, 0.25) is 0 Å². The van der Waals surface area contributed by atoms with E-state index in [-0.39, 0.29) is 5.39 Å². The van der Waals surface area contributed by atoms with Crippen LogP contribution in [0.1, 0.15) is 0 Å². The Morgan fingerprint density at radius 1 is 1.33 bits per heavy atom. The molecule has 1 aromatic carbocycles. The molecule has 0 bridgehead atoms. The molecule has 6 nitrogen and oxygen atoms in total. The molecule has 2 N–H and O–H groups in total. The number of nitro groups is 1. The van der Waals surface area contributed by atoms with Crippen LogP contribution in [0.5, 0.6) is 5.75 Å². The summed E-state index contributed by atoms with van der Waals surface area (Å²) in [6, 6.07) is 6.22.